The highest BCUT2D eigenvalue weighted by molar-refractivity contribution is 7.99. The number of hydrogen-bond donors (Lipinski definition) is 1. The number of nitrogens with zero attached hydrogens (tertiary/aromatic N) is 4. The van der Waals surface area contributed by atoms with Crippen LogP contribution in [0.3, 0.4) is 0 Å². The molecule has 32 heavy (non-hydrogen) atoms. The molecule has 1 amide bonds. The summed E-state index contributed by atoms with van der Waals surface area (Å²) in [4.78, 5) is 16.9. The third-order valence-corrected chi connectivity index (χ3v) is 6.62. The Hall–Kier alpha value is -2.88. The first-order valence-electron chi connectivity index (χ1n) is 9.75. The molecule has 0 aliphatic rings. The lowest BCUT2D eigenvalue weighted by Gasteiger charge is -2.15. The molecule has 0 saturated carbocycles. The van der Waals surface area contributed by atoms with Gasteiger partial charge in [-0.2, -0.15) is 0 Å². The van der Waals surface area contributed by atoms with E-state index in [-0.39, 0.29) is 17.8 Å². The SMILES string of the molecule is C[C@H](Oc1ccccc1Cl)c1nnc(SCC(=O)Nc2nc(-c3ccccc3)cs2)n1C. The van der Waals surface area contributed by atoms with Crippen LogP contribution in [0.1, 0.15) is 18.9 Å². The molecule has 0 aliphatic heterocycles. The molecule has 0 aliphatic carbocycles. The number of para-hydroxylation sites is 1. The minimum absolute atomic E-state index is 0.158. The molecule has 0 unspecified atom stereocenters. The van der Waals surface area contributed by atoms with Gasteiger partial charge in [-0.25, -0.2) is 4.98 Å². The van der Waals surface area contributed by atoms with Crippen molar-refractivity contribution in [3.05, 3.63) is 70.8 Å². The summed E-state index contributed by atoms with van der Waals surface area (Å²) in [7, 11) is 1.84. The third kappa shape index (κ3) is 5.29. The molecule has 7 nitrogen and oxygen atoms in total. The summed E-state index contributed by atoms with van der Waals surface area (Å²) in [6, 6.07) is 17.1. The first kappa shape index (κ1) is 22.3. The second kappa shape index (κ2) is 10.2. The molecule has 2 aromatic heterocycles. The van der Waals surface area contributed by atoms with E-state index in [1.54, 1.807) is 12.1 Å². The van der Waals surface area contributed by atoms with Gasteiger partial charge in [0, 0.05) is 18.0 Å². The van der Waals surface area contributed by atoms with Crippen molar-refractivity contribution in [1.82, 2.24) is 19.7 Å². The Labute approximate surface area is 198 Å². The second-order valence-corrected chi connectivity index (χ2v) is 9.04. The van der Waals surface area contributed by atoms with Gasteiger partial charge in [0.1, 0.15) is 5.75 Å². The van der Waals surface area contributed by atoms with Crippen LogP contribution in [0.2, 0.25) is 5.02 Å². The first-order valence-corrected chi connectivity index (χ1v) is 12.0. The maximum Gasteiger partial charge on any atom is 0.236 e. The van der Waals surface area contributed by atoms with Gasteiger partial charge in [-0.1, -0.05) is 65.8 Å². The van der Waals surface area contributed by atoms with Crippen molar-refractivity contribution < 1.29 is 9.53 Å². The minimum atomic E-state index is -0.359. The zero-order valence-corrected chi connectivity index (χ0v) is 19.7. The average Bonchev–Trinajstić information content (AvgIpc) is 3.41. The van der Waals surface area contributed by atoms with Crippen molar-refractivity contribution in [3.8, 4) is 17.0 Å². The van der Waals surface area contributed by atoms with E-state index < -0.39 is 0 Å². The highest BCUT2D eigenvalue weighted by atomic mass is 35.5. The van der Waals surface area contributed by atoms with Crippen molar-refractivity contribution in [2.45, 2.75) is 18.2 Å². The number of thioether (sulfide) groups is 1. The Morgan fingerprint density at radius 3 is 2.72 bits per heavy atom. The zero-order chi connectivity index (χ0) is 22.5. The van der Waals surface area contributed by atoms with Gasteiger partial charge >= 0.3 is 0 Å². The standard InChI is InChI=1S/C22H20ClN5O2S2/c1-14(30-18-11-7-6-10-16(18)23)20-26-27-22(28(20)2)32-13-19(29)25-21-24-17(12-31-21)15-8-4-3-5-9-15/h3-12,14H,13H2,1-2H3,(H,24,25,29)/t14-/m0/s1. The van der Waals surface area contributed by atoms with Crippen LogP contribution in [-0.2, 0) is 11.8 Å². The lowest BCUT2D eigenvalue weighted by molar-refractivity contribution is -0.113. The highest BCUT2D eigenvalue weighted by Gasteiger charge is 2.19. The lowest BCUT2D eigenvalue weighted by Crippen LogP contribution is -2.14. The Morgan fingerprint density at radius 1 is 1.19 bits per heavy atom. The van der Waals surface area contributed by atoms with E-state index in [1.807, 2.05) is 66.4 Å². The molecule has 4 rings (SSSR count). The van der Waals surface area contributed by atoms with Gasteiger partial charge in [0.2, 0.25) is 5.91 Å². The number of hydrogen-bond acceptors (Lipinski definition) is 7. The molecule has 4 aromatic rings. The van der Waals surface area contributed by atoms with Crippen molar-refractivity contribution in [1.29, 1.82) is 0 Å². The number of ether oxygens (including phenoxy) is 1. The number of nitrogens with one attached hydrogen (secondary N) is 1. The van der Waals surface area contributed by atoms with Crippen LogP contribution in [0.4, 0.5) is 5.13 Å². The van der Waals surface area contributed by atoms with Crippen molar-refractivity contribution in [2.24, 2.45) is 7.05 Å². The van der Waals surface area contributed by atoms with Crippen LogP contribution in [0.25, 0.3) is 11.3 Å². The fourth-order valence-corrected chi connectivity index (χ4v) is 4.58. The Balaban J connectivity index is 1.33. The summed E-state index contributed by atoms with van der Waals surface area (Å²) in [6.45, 7) is 1.88. The molecule has 2 heterocycles. The van der Waals surface area contributed by atoms with E-state index in [4.69, 9.17) is 16.3 Å². The van der Waals surface area contributed by atoms with Crippen LogP contribution in [0.15, 0.2) is 65.1 Å². The first-order chi connectivity index (χ1) is 15.5. The van der Waals surface area contributed by atoms with Crippen LogP contribution >= 0.6 is 34.7 Å². The largest absolute Gasteiger partial charge is 0.481 e. The maximum atomic E-state index is 12.4. The third-order valence-electron chi connectivity index (χ3n) is 4.53. The van der Waals surface area contributed by atoms with Gasteiger partial charge in [0.05, 0.1) is 16.5 Å². The molecule has 0 radical (unpaired) electrons. The number of halogens is 1. The summed E-state index contributed by atoms with van der Waals surface area (Å²) < 4.78 is 7.73. The van der Waals surface area contributed by atoms with Gasteiger partial charge in [0.25, 0.3) is 0 Å². The number of benzene rings is 2. The molecule has 1 N–H and O–H groups in total. The molecule has 164 valence electrons. The smallest absolute Gasteiger partial charge is 0.236 e. The maximum absolute atomic E-state index is 12.4. The number of aromatic nitrogens is 4. The van der Waals surface area contributed by atoms with Crippen molar-refractivity contribution in [3.63, 3.8) is 0 Å². The van der Waals surface area contributed by atoms with Crippen LogP contribution in [0, 0.1) is 0 Å². The molecular weight excluding hydrogens is 466 g/mol. The number of thiazole rings is 1. The molecular formula is C22H20ClN5O2S2. The Kier molecular flexibility index (Phi) is 7.09. The summed E-state index contributed by atoms with van der Waals surface area (Å²) in [5.41, 5.74) is 1.85. The van der Waals surface area contributed by atoms with Gasteiger partial charge < -0.3 is 14.6 Å². The van der Waals surface area contributed by atoms with E-state index in [1.165, 1.54) is 23.1 Å². The van der Waals surface area contributed by atoms with E-state index in [2.05, 4.69) is 20.5 Å². The fraction of sp³-hybridized carbons (Fsp3) is 0.182. The van der Waals surface area contributed by atoms with E-state index in [0.717, 1.165) is 11.3 Å². The van der Waals surface area contributed by atoms with Crippen molar-refractivity contribution in [2.75, 3.05) is 11.1 Å². The number of carbonyl (C=O) groups excluding carboxylic acids is 1. The predicted octanol–water partition coefficient (Wildman–Crippen LogP) is 5.46. The lowest BCUT2D eigenvalue weighted by atomic mass is 10.2. The molecule has 10 heteroatoms. The van der Waals surface area contributed by atoms with Crippen molar-refractivity contribution >= 4 is 45.7 Å². The van der Waals surface area contributed by atoms with Crippen LogP contribution < -0.4 is 10.1 Å². The zero-order valence-electron chi connectivity index (χ0n) is 17.4. The van der Waals surface area contributed by atoms with Gasteiger partial charge in [0.15, 0.2) is 22.2 Å². The number of rotatable bonds is 8. The molecule has 2 aromatic carbocycles. The summed E-state index contributed by atoms with van der Waals surface area (Å²) in [6.07, 6.45) is -0.359. The Morgan fingerprint density at radius 2 is 1.94 bits per heavy atom. The summed E-state index contributed by atoms with van der Waals surface area (Å²) in [5.74, 6) is 1.25. The number of anilines is 1. The van der Waals surface area contributed by atoms with E-state index >= 15 is 0 Å². The number of carbonyl (C=O) groups is 1. The quantitative estimate of drug-likeness (QED) is 0.333. The van der Waals surface area contributed by atoms with Crippen LogP contribution in [0.5, 0.6) is 5.75 Å². The molecule has 0 fully saturated rings. The normalized spacial score (nSPS) is 11.8. The molecule has 0 spiro atoms. The number of amides is 1. The monoisotopic (exact) mass is 485 g/mol. The molecule has 0 bridgehead atoms. The Bertz CT molecular complexity index is 1210. The average molecular weight is 486 g/mol. The van der Waals surface area contributed by atoms with Gasteiger partial charge in [-0.05, 0) is 19.1 Å². The van der Waals surface area contributed by atoms with Gasteiger partial charge in [-0.15, -0.1) is 21.5 Å². The van der Waals surface area contributed by atoms with Gasteiger partial charge in [-0.3, -0.25) is 4.79 Å². The topological polar surface area (TPSA) is 81.9 Å². The highest BCUT2D eigenvalue weighted by Crippen LogP contribution is 2.29. The predicted molar refractivity (Wildman–Crippen MR) is 128 cm³/mol. The second-order valence-electron chi connectivity index (χ2n) is 6.83. The van der Waals surface area contributed by atoms with E-state index in [9.17, 15) is 4.79 Å². The fourth-order valence-electron chi connectivity index (χ4n) is 2.95. The van der Waals surface area contributed by atoms with E-state index in [0.29, 0.717) is 26.9 Å². The summed E-state index contributed by atoms with van der Waals surface area (Å²) >= 11 is 8.86. The molecule has 1 atom stereocenters. The summed E-state index contributed by atoms with van der Waals surface area (Å²) in [5, 5.41) is 14.9. The van der Waals surface area contributed by atoms with Crippen LogP contribution in [-0.4, -0.2) is 31.4 Å². The minimum Gasteiger partial charge on any atom is -0.481 e. The molecule has 0 saturated heterocycles.